The van der Waals surface area contributed by atoms with E-state index >= 15 is 0 Å². The van der Waals surface area contributed by atoms with Crippen LogP contribution in [-0.2, 0) is 14.8 Å². The zero-order chi connectivity index (χ0) is 23.9. The van der Waals surface area contributed by atoms with Gasteiger partial charge in [0.05, 0.1) is 10.9 Å². The summed E-state index contributed by atoms with van der Waals surface area (Å²) in [5.74, 6) is 1.18. The third-order valence-corrected chi connectivity index (χ3v) is 8.80. The number of benzene rings is 3. The summed E-state index contributed by atoms with van der Waals surface area (Å²) in [4.78, 5) is 13.6. The number of carbonyl (C=O) groups excluding carboxylic acids is 1. The number of ether oxygens (including phenoxy) is 1. The molecular formula is C27H28N2O4S. The van der Waals surface area contributed by atoms with Crippen LogP contribution in [0.25, 0.3) is 0 Å². The first kappa shape index (κ1) is 22.6. The zero-order valence-electron chi connectivity index (χ0n) is 19.3. The second kappa shape index (κ2) is 8.89. The molecule has 1 amide bonds. The van der Waals surface area contributed by atoms with Crippen LogP contribution in [0.1, 0.15) is 41.1 Å². The third-order valence-electron chi connectivity index (χ3n) is 6.91. The summed E-state index contributed by atoms with van der Waals surface area (Å²) in [7, 11) is -3.57. The molecule has 1 fully saturated rings. The highest BCUT2D eigenvalue weighted by Gasteiger charge is 2.35. The van der Waals surface area contributed by atoms with E-state index < -0.39 is 10.0 Å². The van der Waals surface area contributed by atoms with Crippen LogP contribution in [0, 0.1) is 19.8 Å². The molecule has 34 heavy (non-hydrogen) atoms. The quantitative estimate of drug-likeness (QED) is 0.591. The number of aryl methyl sites for hydroxylation is 2. The Labute approximate surface area is 200 Å². The Morgan fingerprint density at radius 2 is 1.47 bits per heavy atom. The van der Waals surface area contributed by atoms with Crippen LogP contribution in [0.3, 0.4) is 0 Å². The van der Waals surface area contributed by atoms with Crippen molar-refractivity contribution in [3.63, 3.8) is 0 Å². The van der Waals surface area contributed by atoms with Crippen molar-refractivity contribution in [3.05, 3.63) is 89.0 Å². The van der Waals surface area contributed by atoms with Gasteiger partial charge in [0.25, 0.3) is 0 Å². The number of nitrogens with one attached hydrogen (secondary N) is 1. The van der Waals surface area contributed by atoms with Gasteiger partial charge in [-0.25, -0.2) is 8.42 Å². The van der Waals surface area contributed by atoms with E-state index in [2.05, 4.69) is 5.32 Å². The van der Waals surface area contributed by atoms with Crippen LogP contribution in [-0.4, -0.2) is 31.7 Å². The van der Waals surface area contributed by atoms with Gasteiger partial charge in [-0.05, 0) is 62.1 Å². The number of carbonyl (C=O) groups is 1. The highest BCUT2D eigenvalue weighted by atomic mass is 32.2. The van der Waals surface area contributed by atoms with Crippen LogP contribution in [0.5, 0.6) is 11.5 Å². The number of hydrogen-bond donors (Lipinski definition) is 1. The van der Waals surface area contributed by atoms with Gasteiger partial charge in [-0.3, -0.25) is 4.79 Å². The molecule has 2 aliphatic rings. The molecule has 0 aromatic heterocycles. The van der Waals surface area contributed by atoms with Crippen LogP contribution < -0.4 is 10.1 Å². The average Bonchev–Trinajstić information content (AvgIpc) is 2.85. The molecule has 2 heterocycles. The summed E-state index contributed by atoms with van der Waals surface area (Å²) < 4.78 is 33.8. The number of nitrogens with zero attached hydrogens (tertiary/aromatic N) is 1. The molecule has 0 radical (unpaired) electrons. The fraction of sp³-hybridized carbons (Fsp3) is 0.296. The smallest absolute Gasteiger partial charge is 0.243 e. The lowest BCUT2D eigenvalue weighted by Crippen LogP contribution is -2.44. The number of para-hydroxylation sites is 2. The van der Waals surface area contributed by atoms with E-state index in [-0.39, 0.29) is 17.9 Å². The Bertz CT molecular complexity index is 1300. The van der Waals surface area contributed by atoms with Gasteiger partial charge in [0, 0.05) is 30.1 Å². The van der Waals surface area contributed by atoms with E-state index in [9.17, 15) is 13.2 Å². The minimum atomic E-state index is -3.57. The first-order chi connectivity index (χ1) is 16.3. The molecule has 0 saturated carbocycles. The van der Waals surface area contributed by atoms with Gasteiger partial charge in [0.1, 0.15) is 11.5 Å². The van der Waals surface area contributed by atoms with Gasteiger partial charge >= 0.3 is 0 Å². The largest absolute Gasteiger partial charge is 0.457 e. The Morgan fingerprint density at radius 3 is 2.06 bits per heavy atom. The number of sulfonamides is 1. The van der Waals surface area contributed by atoms with Crippen molar-refractivity contribution in [1.82, 2.24) is 9.62 Å². The summed E-state index contributed by atoms with van der Waals surface area (Å²) in [5.41, 5.74) is 3.85. The first-order valence-electron chi connectivity index (χ1n) is 11.6. The molecule has 1 saturated heterocycles. The van der Waals surface area contributed by atoms with Crippen molar-refractivity contribution in [3.8, 4) is 11.5 Å². The predicted molar refractivity (Wildman–Crippen MR) is 130 cm³/mol. The Balaban J connectivity index is 1.30. The van der Waals surface area contributed by atoms with E-state index in [0.717, 1.165) is 33.8 Å². The number of fused-ring (bicyclic) bond motifs is 2. The third kappa shape index (κ3) is 4.10. The Kier molecular flexibility index (Phi) is 5.91. The maximum absolute atomic E-state index is 13.3. The fourth-order valence-corrected chi connectivity index (χ4v) is 6.26. The minimum Gasteiger partial charge on any atom is -0.457 e. The van der Waals surface area contributed by atoms with Gasteiger partial charge < -0.3 is 10.1 Å². The molecule has 0 atom stereocenters. The average molecular weight is 477 g/mol. The van der Waals surface area contributed by atoms with Crippen LogP contribution in [0.4, 0.5) is 0 Å². The summed E-state index contributed by atoms with van der Waals surface area (Å²) in [5, 5.41) is 3.21. The first-order valence-corrected chi connectivity index (χ1v) is 13.0. The number of rotatable bonds is 4. The molecule has 6 nitrogen and oxygen atoms in total. The van der Waals surface area contributed by atoms with Crippen LogP contribution in [0.15, 0.2) is 71.6 Å². The molecule has 1 N–H and O–H groups in total. The molecule has 0 aliphatic carbocycles. The van der Waals surface area contributed by atoms with Crippen molar-refractivity contribution in [2.24, 2.45) is 5.92 Å². The maximum atomic E-state index is 13.3. The lowest BCUT2D eigenvalue weighted by molar-refractivity contribution is -0.126. The maximum Gasteiger partial charge on any atom is 0.243 e. The number of piperidine rings is 1. The zero-order valence-corrected chi connectivity index (χ0v) is 20.1. The fourth-order valence-electron chi connectivity index (χ4n) is 4.71. The molecule has 3 aromatic carbocycles. The number of amides is 1. The lowest BCUT2D eigenvalue weighted by Gasteiger charge is -2.33. The molecular weight excluding hydrogens is 448 g/mol. The Hall–Kier alpha value is -3.16. The second-order valence-corrected chi connectivity index (χ2v) is 11.0. The molecule has 3 aromatic rings. The van der Waals surface area contributed by atoms with Crippen molar-refractivity contribution in [1.29, 1.82) is 0 Å². The topological polar surface area (TPSA) is 75.7 Å². The van der Waals surface area contributed by atoms with Crippen LogP contribution >= 0.6 is 0 Å². The molecule has 5 rings (SSSR count). The van der Waals surface area contributed by atoms with Gasteiger partial charge in [0.15, 0.2) is 0 Å². The van der Waals surface area contributed by atoms with Crippen molar-refractivity contribution in [2.45, 2.75) is 37.6 Å². The van der Waals surface area contributed by atoms with Crippen molar-refractivity contribution >= 4 is 15.9 Å². The van der Waals surface area contributed by atoms with Gasteiger partial charge in [-0.2, -0.15) is 4.31 Å². The lowest BCUT2D eigenvalue weighted by atomic mass is 9.92. The second-order valence-electron chi connectivity index (χ2n) is 9.04. The normalized spacial score (nSPS) is 16.9. The number of hydrogen-bond acceptors (Lipinski definition) is 4. The van der Waals surface area contributed by atoms with E-state index in [0.29, 0.717) is 30.8 Å². The van der Waals surface area contributed by atoms with Gasteiger partial charge in [0.2, 0.25) is 15.9 Å². The van der Waals surface area contributed by atoms with E-state index in [1.54, 1.807) is 12.1 Å². The molecule has 176 valence electrons. The molecule has 0 spiro atoms. The minimum absolute atomic E-state index is 0.0558. The van der Waals surface area contributed by atoms with Crippen LogP contribution in [0.2, 0.25) is 0 Å². The predicted octanol–water partition coefficient (Wildman–Crippen LogP) is 4.72. The molecule has 7 heteroatoms. The SMILES string of the molecule is Cc1ccc(S(=O)(=O)N2CCC(C(=O)NC3c4ccccc4Oc4ccccc43)CC2)cc1C. The summed E-state index contributed by atoms with van der Waals surface area (Å²) in [6.07, 6.45) is 0.977. The molecule has 0 bridgehead atoms. The monoisotopic (exact) mass is 476 g/mol. The van der Waals surface area contributed by atoms with Crippen molar-refractivity contribution in [2.75, 3.05) is 13.1 Å². The Morgan fingerprint density at radius 1 is 0.882 bits per heavy atom. The van der Waals surface area contributed by atoms with E-state index in [1.165, 1.54) is 4.31 Å². The summed E-state index contributed by atoms with van der Waals surface area (Å²) >= 11 is 0. The van der Waals surface area contributed by atoms with E-state index in [1.807, 2.05) is 68.4 Å². The summed E-state index contributed by atoms with van der Waals surface area (Å²) in [6, 6.07) is 20.4. The summed E-state index contributed by atoms with van der Waals surface area (Å²) in [6.45, 7) is 4.53. The highest BCUT2D eigenvalue weighted by Crippen LogP contribution is 2.42. The molecule has 0 unspecified atom stereocenters. The van der Waals surface area contributed by atoms with Crippen molar-refractivity contribution < 1.29 is 17.9 Å². The molecule has 2 aliphatic heterocycles. The highest BCUT2D eigenvalue weighted by molar-refractivity contribution is 7.89. The van der Waals surface area contributed by atoms with E-state index in [4.69, 9.17) is 4.74 Å². The standard InChI is InChI=1S/C27H28N2O4S/c1-18-11-12-21(17-19(18)2)34(31,32)29-15-13-20(14-16-29)27(30)28-26-22-7-3-5-9-24(22)33-25-10-6-4-8-23(25)26/h3-12,17,20,26H,13-16H2,1-2H3,(H,28,30). The van der Waals surface area contributed by atoms with Gasteiger partial charge in [-0.15, -0.1) is 0 Å². The van der Waals surface area contributed by atoms with Gasteiger partial charge in [-0.1, -0.05) is 42.5 Å².